The molecule has 4 heteroatoms. The second-order valence-electron chi connectivity index (χ2n) is 12.3. The van der Waals surface area contributed by atoms with Crippen LogP contribution in [0.15, 0.2) is 146 Å². The first-order valence-electron chi connectivity index (χ1n) is 16.2. The highest BCUT2D eigenvalue weighted by atomic mass is 32.1. The van der Waals surface area contributed by atoms with Crippen LogP contribution in [0.5, 0.6) is 0 Å². The lowest BCUT2D eigenvalue weighted by Crippen LogP contribution is -2.05. The lowest BCUT2D eigenvalue weighted by Gasteiger charge is -2.18. The number of aromatic nitrogens is 3. The van der Waals surface area contributed by atoms with Gasteiger partial charge in [0.25, 0.3) is 0 Å². The third-order valence-corrected chi connectivity index (χ3v) is 10.8. The first kappa shape index (κ1) is 26.5. The Labute approximate surface area is 276 Å². The molecule has 1 aliphatic rings. The molecule has 0 fully saturated rings. The van der Waals surface area contributed by atoms with E-state index >= 15 is 0 Å². The lowest BCUT2D eigenvalue weighted by molar-refractivity contribution is 0.899. The van der Waals surface area contributed by atoms with Crippen molar-refractivity contribution in [2.24, 2.45) is 0 Å². The summed E-state index contributed by atoms with van der Waals surface area (Å²) in [5.74, 6) is 0.949. The van der Waals surface area contributed by atoms with Crippen molar-refractivity contribution in [2.45, 2.75) is 12.8 Å². The molecule has 47 heavy (non-hydrogen) atoms. The van der Waals surface area contributed by atoms with E-state index in [9.17, 15) is 0 Å². The Morgan fingerprint density at radius 2 is 1.26 bits per heavy atom. The Morgan fingerprint density at radius 1 is 0.532 bits per heavy atom. The van der Waals surface area contributed by atoms with E-state index in [0.717, 1.165) is 41.0 Å². The smallest absolute Gasteiger partial charge is 0.145 e. The fraction of sp³-hybridized carbons (Fsp3) is 0.0465. The molecule has 0 N–H and O–H groups in total. The van der Waals surface area contributed by atoms with Crippen LogP contribution in [0.4, 0.5) is 0 Å². The van der Waals surface area contributed by atoms with Gasteiger partial charge in [-0.15, -0.1) is 11.3 Å². The molecule has 0 amide bonds. The van der Waals surface area contributed by atoms with Gasteiger partial charge in [0.2, 0.25) is 0 Å². The number of allylic oxidation sites excluding steroid dienone is 1. The molecule has 6 aromatic carbocycles. The molecule has 0 unspecified atom stereocenters. The van der Waals surface area contributed by atoms with Crippen LogP contribution in [0.3, 0.4) is 0 Å². The first-order valence-corrected chi connectivity index (χ1v) is 17.0. The third kappa shape index (κ3) is 4.08. The monoisotopic (exact) mass is 619 g/mol. The predicted octanol–water partition coefficient (Wildman–Crippen LogP) is 11.5. The van der Waals surface area contributed by atoms with Gasteiger partial charge in [-0.05, 0) is 90.7 Å². The van der Waals surface area contributed by atoms with Crippen molar-refractivity contribution in [3.05, 3.63) is 162 Å². The largest absolute Gasteiger partial charge is 0.312 e. The van der Waals surface area contributed by atoms with Gasteiger partial charge in [0, 0.05) is 53.8 Å². The number of hydrogen-bond acceptors (Lipinski definition) is 2. The summed E-state index contributed by atoms with van der Waals surface area (Å²) >= 11 is 1.89. The third-order valence-electron chi connectivity index (χ3n) is 9.66. The topological polar surface area (TPSA) is 22.8 Å². The van der Waals surface area contributed by atoms with Crippen molar-refractivity contribution >= 4 is 65.1 Å². The molecular weight excluding hydrogens is 591 g/mol. The average molecular weight is 620 g/mol. The molecule has 0 saturated carbocycles. The molecular formula is C43H29N3S. The Hall–Kier alpha value is -5.71. The van der Waals surface area contributed by atoms with Gasteiger partial charge in [-0.3, -0.25) is 4.57 Å². The van der Waals surface area contributed by atoms with E-state index in [1.807, 2.05) is 11.3 Å². The fourth-order valence-corrected chi connectivity index (χ4v) is 8.66. The van der Waals surface area contributed by atoms with E-state index in [1.54, 1.807) is 0 Å². The zero-order valence-electron chi connectivity index (χ0n) is 25.6. The van der Waals surface area contributed by atoms with Gasteiger partial charge in [-0.1, -0.05) is 84.9 Å². The standard InChI is InChI=1S/C43H29N3S/c1-3-11-28(12-4-1)30-21-25-37-35(27-30)33-24-26-40-41(34-15-7-10-18-39(34)47-40)42(33)45(37)32-22-19-29(20-23-32)43-44-36-16-8-9-17-38(36)46(43)31-13-5-2-6-14-31/h1-20,22-24,26-27H,21,25H2. The molecule has 222 valence electrons. The van der Waals surface area contributed by atoms with E-state index in [2.05, 4.69) is 161 Å². The van der Waals surface area contributed by atoms with Crippen LogP contribution in [-0.2, 0) is 6.42 Å². The fourth-order valence-electron chi connectivity index (χ4n) is 7.55. The van der Waals surface area contributed by atoms with E-state index in [4.69, 9.17) is 4.98 Å². The highest BCUT2D eigenvalue weighted by molar-refractivity contribution is 7.26. The molecule has 3 heterocycles. The molecule has 0 saturated heterocycles. The number of benzene rings is 6. The molecule has 0 bridgehead atoms. The minimum Gasteiger partial charge on any atom is -0.312 e. The highest BCUT2D eigenvalue weighted by Gasteiger charge is 2.25. The minimum absolute atomic E-state index is 0.949. The Morgan fingerprint density at radius 3 is 2.11 bits per heavy atom. The maximum Gasteiger partial charge on any atom is 0.145 e. The van der Waals surface area contributed by atoms with Gasteiger partial charge in [0.05, 0.1) is 16.6 Å². The normalized spacial score (nSPS) is 13.1. The van der Waals surface area contributed by atoms with Crippen molar-refractivity contribution in [1.82, 2.24) is 14.1 Å². The second kappa shape index (κ2) is 10.4. The molecule has 1 aliphatic carbocycles. The molecule has 3 nitrogen and oxygen atoms in total. The van der Waals surface area contributed by atoms with Crippen LogP contribution < -0.4 is 0 Å². The van der Waals surface area contributed by atoms with Crippen molar-refractivity contribution in [3.63, 3.8) is 0 Å². The van der Waals surface area contributed by atoms with Crippen LogP contribution >= 0.6 is 11.3 Å². The number of hydrogen-bond donors (Lipinski definition) is 0. The van der Waals surface area contributed by atoms with E-state index in [0.29, 0.717) is 0 Å². The van der Waals surface area contributed by atoms with Gasteiger partial charge in [0.15, 0.2) is 0 Å². The maximum absolute atomic E-state index is 5.13. The van der Waals surface area contributed by atoms with Crippen molar-refractivity contribution in [3.8, 4) is 22.8 Å². The van der Waals surface area contributed by atoms with Crippen LogP contribution in [0, 0.1) is 0 Å². The Kier molecular flexibility index (Phi) is 5.87. The number of rotatable bonds is 4. The Balaban J connectivity index is 1.21. The first-order chi connectivity index (χ1) is 23.3. The van der Waals surface area contributed by atoms with Crippen LogP contribution in [0.25, 0.3) is 76.5 Å². The summed E-state index contributed by atoms with van der Waals surface area (Å²) in [5, 5.41) is 4.00. The molecule has 0 radical (unpaired) electrons. The number of thiophene rings is 1. The molecule has 10 rings (SSSR count). The molecule has 3 aromatic heterocycles. The quantitative estimate of drug-likeness (QED) is 0.192. The second-order valence-corrected chi connectivity index (χ2v) is 13.4. The number of nitrogens with zero attached hydrogens (tertiary/aromatic N) is 3. The maximum atomic E-state index is 5.13. The minimum atomic E-state index is 0.949. The summed E-state index contributed by atoms with van der Waals surface area (Å²) in [5.41, 5.74) is 12.2. The summed E-state index contributed by atoms with van der Waals surface area (Å²) < 4.78 is 7.48. The number of imidazole rings is 1. The zero-order chi connectivity index (χ0) is 30.9. The van der Waals surface area contributed by atoms with E-state index in [1.165, 1.54) is 59.2 Å². The van der Waals surface area contributed by atoms with Gasteiger partial charge < -0.3 is 4.57 Å². The van der Waals surface area contributed by atoms with Gasteiger partial charge >= 0.3 is 0 Å². The predicted molar refractivity (Wildman–Crippen MR) is 199 cm³/mol. The summed E-state index contributed by atoms with van der Waals surface area (Å²) in [6, 6.07) is 52.4. The Bertz CT molecular complexity index is 2650. The van der Waals surface area contributed by atoms with E-state index < -0.39 is 0 Å². The molecule has 0 spiro atoms. The number of fused-ring (bicyclic) bond motifs is 8. The summed E-state index contributed by atoms with van der Waals surface area (Å²) in [7, 11) is 0. The number of para-hydroxylation sites is 3. The van der Waals surface area contributed by atoms with Crippen LogP contribution in [0.1, 0.15) is 23.2 Å². The van der Waals surface area contributed by atoms with Crippen molar-refractivity contribution < 1.29 is 0 Å². The summed E-state index contributed by atoms with van der Waals surface area (Å²) in [6.45, 7) is 0. The van der Waals surface area contributed by atoms with Crippen molar-refractivity contribution in [2.75, 3.05) is 0 Å². The van der Waals surface area contributed by atoms with Crippen molar-refractivity contribution in [1.29, 1.82) is 0 Å². The van der Waals surface area contributed by atoms with Crippen LogP contribution in [0.2, 0.25) is 0 Å². The highest BCUT2D eigenvalue weighted by Crippen LogP contribution is 2.45. The molecule has 0 atom stereocenters. The summed E-state index contributed by atoms with van der Waals surface area (Å²) in [4.78, 5) is 5.13. The van der Waals surface area contributed by atoms with Gasteiger partial charge in [-0.2, -0.15) is 0 Å². The zero-order valence-corrected chi connectivity index (χ0v) is 26.4. The van der Waals surface area contributed by atoms with Crippen LogP contribution in [-0.4, -0.2) is 14.1 Å². The average Bonchev–Trinajstić information content (AvgIpc) is 3.82. The molecule has 0 aliphatic heterocycles. The SMILES string of the molecule is C1=C(c2ccccc2)CCc2c1c1ccc3sc4ccccc4c3c1n2-c1ccc(-c2nc3ccccc3n2-c2ccccc2)cc1. The lowest BCUT2D eigenvalue weighted by atomic mass is 9.91. The molecule has 9 aromatic rings. The van der Waals surface area contributed by atoms with Gasteiger partial charge in [-0.25, -0.2) is 4.98 Å². The van der Waals surface area contributed by atoms with Gasteiger partial charge in [0.1, 0.15) is 5.82 Å². The summed E-state index contributed by atoms with van der Waals surface area (Å²) in [6.07, 6.45) is 4.45. The van der Waals surface area contributed by atoms with E-state index in [-0.39, 0.29) is 0 Å².